The molecule has 4 nitrogen and oxygen atoms in total. The van der Waals surface area contributed by atoms with Gasteiger partial charge in [-0.05, 0) is 24.0 Å². The largest absolute Gasteiger partial charge is 0.352 e. The fourth-order valence-electron chi connectivity index (χ4n) is 2.34. The highest BCUT2D eigenvalue weighted by Gasteiger charge is 2.04. The summed E-state index contributed by atoms with van der Waals surface area (Å²) in [6, 6.07) is 19.7. The van der Waals surface area contributed by atoms with Crippen LogP contribution in [0.2, 0.25) is 0 Å². The summed E-state index contributed by atoms with van der Waals surface area (Å²) in [7, 11) is 0. The van der Waals surface area contributed by atoms with Gasteiger partial charge in [-0.25, -0.2) is 0 Å². The van der Waals surface area contributed by atoms with Gasteiger partial charge in [-0.15, -0.1) is 0 Å². The van der Waals surface area contributed by atoms with E-state index in [0.29, 0.717) is 25.9 Å². The Morgan fingerprint density at radius 3 is 1.38 bits per heavy atom. The first-order valence-electron chi connectivity index (χ1n) is 8.35. The maximum Gasteiger partial charge on any atom is 0.220 e. The van der Waals surface area contributed by atoms with Gasteiger partial charge in [0.2, 0.25) is 11.8 Å². The van der Waals surface area contributed by atoms with E-state index in [0.717, 1.165) is 24.0 Å². The Morgan fingerprint density at radius 1 is 0.625 bits per heavy atom. The minimum Gasteiger partial charge on any atom is -0.352 e. The van der Waals surface area contributed by atoms with Gasteiger partial charge in [-0.3, -0.25) is 9.59 Å². The molecule has 0 radical (unpaired) electrons. The van der Waals surface area contributed by atoms with E-state index in [2.05, 4.69) is 10.6 Å². The predicted octanol–water partition coefficient (Wildman–Crippen LogP) is 3.18. The van der Waals surface area contributed by atoms with Gasteiger partial charge in [0.1, 0.15) is 0 Å². The topological polar surface area (TPSA) is 58.2 Å². The molecule has 24 heavy (non-hydrogen) atoms. The number of unbranched alkanes of at least 4 members (excludes halogenated alkanes) is 1. The van der Waals surface area contributed by atoms with Crippen LogP contribution in [-0.4, -0.2) is 11.8 Å². The fraction of sp³-hybridized carbons (Fsp3) is 0.300. The van der Waals surface area contributed by atoms with E-state index in [1.165, 1.54) is 0 Å². The van der Waals surface area contributed by atoms with Gasteiger partial charge in [-0.1, -0.05) is 60.7 Å². The lowest BCUT2D eigenvalue weighted by Gasteiger charge is -2.06. The average molecular weight is 324 g/mol. The van der Waals surface area contributed by atoms with Gasteiger partial charge < -0.3 is 10.6 Å². The molecule has 2 aromatic rings. The lowest BCUT2D eigenvalue weighted by molar-refractivity contribution is -0.123. The quantitative estimate of drug-likeness (QED) is 0.696. The molecule has 0 aliphatic heterocycles. The van der Waals surface area contributed by atoms with Gasteiger partial charge in [-0.2, -0.15) is 0 Å². The first-order chi connectivity index (χ1) is 11.7. The van der Waals surface area contributed by atoms with Gasteiger partial charge >= 0.3 is 0 Å². The van der Waals surface area contributed by atoms with Crippen LogP contribution in [0.5, 0.6) is 0 Å². The Labute approximate surface area is 143 Å². The first kappa shape index (κ1) is 17.7. The minimum absolute atomic E-state index is 0.0311. The zero-order chi connectivity index (χ0) is 17.0. The van der Waals surface area contributed by atoms with Gasteiger partial charge in [0.15, 0.2) is 0 Å². The van der Waals surface area contributed by atoms with Crippen LogP contribution in [0, 0.1) is 0 Å². The molecule has 2 rings (SSSR count). The number of carbonyl (C=O) groups is 2. The van der Waals surface area contributed by atoms with Gasteiger partial charge in [0, 0.05) is 25.9 Å². The van der Waals surface area contributed by atoms with Crippen molar-refractivity contribution in [2.24, 2.45) is 0 Å². The highest BCUT2D eigenvalue weighted by molar-refractivity contribution is 5.77. The Hall–Kier alpha value is -2.62. The smallest absolute Gasteiger partial charge is 0.220 e. The van der Waals surface area contributed by atoms with Crippen molar-refractivity contribution < 1.29 is 9.59 Å². The molecule has 4 heteroatoms. The number of nitrogens with one attached hydrogen (secondary N) is 2. The molecule has 0 aliphatic carbocycles. The zero-order valence-electron chi connectivity index (χ0n) is 13.8. The van der Waals surface area contributed by atoms with Crippen LogP contribution in [0.1, 0.15) is 36.8 Å². The van der Waals surface area contributed by atoms with Crippen molar-refractivity contribution in [2.75, 3.05) is 0 Å². The number of carbonyl (C=O) groups excluding carboxylic acids is 2. The van der Waals surface area contributed by atoms with E-state index in [1.54, 1.807) is 0 Å². The third-order valence-corrected chi connectivity index (χ3v) is 3.72. The third-order valence-electron chi connectivity index (χ3n) is 3.72. The van der Waals surface area contributed by atoms with E-state index in [9.17, 15) is 9.59 Å². The molecule has 0 unspecified atom stereocenters. The summed E-state index contributed by atoms with van der Waals surface area (Å²) in [6.45, 7) is 1.11. The molecule has 0 aliphatic rings. The van der Waals surface area contributed by atoms with Crippen LogP contribution in [0.15, 0.2) is 60.7 Å². The third kappa shape index (κ3) is 7.09. The molecule has 0 aromatic heterocycles. The summed E-state index contributed by atoms with van der Waals surface area (Å²) in [5.41, 5.74) is 2.18. The van der Waals surface area contributed by atoms with E-state index in [-0.39, 0.29) is 11.8 Å². The normalized spacial score (nSPS) is 10.2. The van der Waals surface area contributed by atoms with E-state index in [4.69, 9.17) is 0 Å². The lowest BCUT2D eigenvalue weighted by Crippen LogP contribution is -2.23. The Balaban J connectivity index is 1.52. The highest BCUT2D eigenvalue weighted by atomic mass is 16.2. The molecule has 2 amide bonds. The van der Waals surface area contributed by atoms with Crippen molar-refractivity contribution in [3.63, 3.8) is 0 Å². The number of hydrogen-bond acceptors (Lipinski definition) is 2. The molecule has 0 saturated carbocycles. The second kappa shape index (κ2) is 10.2. The van der Waals surface area contributed by atoms with Crippen LogP contribution in [0.4, 0.5) is 0 Å². The molecule has 2 N–H and O–H groups in total. The Kier molecular flexibility index (Phi) is 7.54. The standard InChI is InChI=1S/C20H24N2O2/c23-19(21-15-17-9-3-1-4-10-17)13-7-8-14-20(24)22-16-18-11-5-2-6-12-18/h1-6,9-12H,7-8,13-16H2,(H,21,23)(H,22,24). The maximum absolute atomic E-state index is 11.8. The van der Waals surface area contributed by atoms with Crippen molar-refractivity contribution in [2.45, 2.75) is 38.8 Å². The molecule has 0 bridgehead atoms. The molecule has 2 aromatic carbocycles. The second-order valence-corrected chi connectivity index (χ2v) is 5.73. The van der Waals surface area contributed by atoms with Gasteiger partial charge in [0.25, 0.3) is 0 Å². The van der Waals surface area contributed by atoms with E-state index in [1.807, 2.05) is 60.7 Å². The van der Waals surface area contributed by atoms with Crippen LogP contribution < -0.4 is 10.6 Å². The maximum atomic E-state index is 11.8. The zero-order valence-corrected chi connectivity index (χ0v) is 13.8. The summed E-state index contributed by atoms with van der Waals surface area (Å²) in [4.78, 5) is 23.5. The van der Waals surface area contributed by atoms with Crippen LogP contribution >= 0.6 is 0 Å². The molecule has 0 spiro atoms. The predicted molar refractivity (Wildman–Crippen MR) is 95.0 cm³/mol. The summed E-state index contributed by atoms with van der Waals surface area (Å²) < 4.78 is 0. The summed E-state index contributed by atoms with van der Waals surface area (Å²) in [5, 5.41) is 5.79. The molecule has 126 valence electrons. The van der Waals surface area contributed by atoms with E-state index < -0.39 is 0 Å². The molecule has 0 fully saturated rings. The minimum atomic E-state index is 0.0311. The molecular formula is C20H24N2O2. The number of amides is 2. The summed E-state index contributed by atoms with van der Waals surface area (Å²) >= 11 is 0. The van der Waals surface area contributed by atoms with Crippen molar-refractivity contribution in [1.82, 2.24) is 10.6 Å². The first-order valence-corrected chi connectivity index (χ1v) is 8.35. The van der Waals surface area contributed by atoms with Gasteiger partial charge in [0.05, 0.1) is 0 Å². The van der Waals surface area contributed by atoms with Crippen LogP contribution in [0.3, 0.4) is 0 Å². The highest BCUT2D eigenvalue weighted by Crippen LogP contribution is 2.03. The monoisotopic (exact) mass is 324 g/mol. The number of hydrogen-bond donors (Lipinski definition) is 2. The van der Waals surface area contributed by atoms with Crippen molar-refractivity contribution >= 4 is 11.8 Å². The molecule has 0 atom stereocenters. The number of rotatable bonds is 9. The second-order valence-electron chi connectivity index (χ2n) is 5.73. The molecule has 0 saturated heterocycles. The molecule has 0 heterocycles. The lowest BCUT2D eigenvalue weighted by atomic mass is 10.1. The summed E-state index contributed by atoms with van der Waals surface area (Å²) in [5.74, 6) is 0.0621. The van der Waals surface area contributed by atoms with Crippen molar-refractivity contribution in [1.29, 1.82) is 0 Å². The Bertz CT molecular complexity index is 569. The van der Waals surface area contributed by atoms with Crippen LogP contribution in [0.25, 0.3) is 0 Å². The summed E-state index contributed by atoms with van der Waals surface area (Å²) in [6.07, 6.45) is 2.36. The van der Waals surface area contributed by atoms with E-state index >= 15 is 0 Å². The number of benzene rings is 2. The van der Waals surface area contributed by atoms with Crippen LogP contribution in [-0.2, 0) is 22.7 Å². The SMILES string of the molecule is O=C(CCCCC(=O)NCc1ccccc1)NCc1ccccc1. The van der Waals surface area contributed by atoms with Crippen molar-refractivity contribution in [3.8, 4) is 0 Å². The fourth-order valence-corrected chi connectivity index (χ4v) is 2.34. The average Bonchev–Trinajstić information content (AvgIpc) is 2.63. The van der Waals surface area contributed by atoms with Crippen molar-refractivity contribution in [3.05, 3.63) is 71.8 Å². The Morgan fingerprint density at radius 2 is 1.00 bits per heavy atom. The molecular weight excluding hydrogens is 300 g/mol.